The van der Waals surface area contributed by atoms with Crippen molar-refractivity contribution in [3.05, 3.63) is 0 Å². The second-order valence-corrected chi connectivity index (χ2v) is 4.93. The van der Waals surface area contributed by atoms with Crippen molar-refractivity contribution >= 4 is 0 Å². The summed E-state index contributed by atoms with van der Waals surface area (Å²) in [6.45, 7) is 5.95. The van der Waals surface area contributed by atoms with Crippen LogP contribution in [0.2, 0.25) is 0 Å². The Morgan fingerprint density at radius 3 is 2.81 bits per heavy atom. The highest BCUT2D eigenvalue weighted by molar-refractivity contribution is 4.69. The van der Waals surface area contributed by atoms with E-state index in [0.29, 0.717) is 18.2 Å². The van der Waals surface area contributed by atoms with Crippen LogP contribution in [0.1, 0.15) is 46.0 Å². The van der Waals surface area contributed by atoms with Gasteiger partial charge in [0.25, 0.3) is 0 Å². The van der Waals surface area contributed by atoms with Gasteiger partial charge in [-0.15, -0.1) is 0 Å². The fraction of sp³-hybridized carbons (Fsp3) is 1.00. The Hall–Kier alpha value is -0.120. The minimum absolute atomic E-state index is 0.328. The molecule has 0 amide bonds. The lowest BCUT2D eigenvalue weighted by Gasteiger charge is -2.18. The van der Waals surface area contributed by atoms with Gasteiger partial charge in [0.15, 0.2) is 0 Å². The predicted octanol–water partition coefficient (Wildman–Crippen LogP) is 2.35. The van der Waals surface area contributed by atoms with Crippen LogP contribution in [0.4, 0.5) is 0 Å². The van der Waals surface area contributed by atoms with Crippen LogP contribution in [0, 0.1) is 0 Å². The van der Waals surface area contributed by atoms with Gasteiger partial charge in [-0.3, -0.25) is 0 Å². The molecule has 0 aliphatic carbocycles. The maximum Gasteiger partial charge on any atom is 0.0622 e. The van der Waals surface area contributed by atoms with Crippen molar-refractivity contribution in [1.82, 2.24) is 5.32 Å². The normalized spacial score (nSPS) is 22.9. The molecule has 0 radical (unpaired) electrons. The third kappa shape index (κ3) is 5.83. The highest BCUT2D eigenvalue weighted by atomic mass is 16.5. The minimum atomic E-state index is 0.328. The second kappa shape index (κ2) is 8.04. The van der Waals surface area contributed by atoms with Gasteiger partial charge in [0.2, 0.25) is 0 Å². The first-order chi connectivity index (χ1) is 7.72. The van der Waals surface area contributed by atoms with E-state index >= 15 is 0 Å². The Kier molecular flexibility index (Phi) is 7.01. The van der Waals surface area contributed by atoms with Gasteiger partial charge in [-0.25, -0.2) is 0 Å². The molecule has 1 heterocycles. The Labute approximate surface area is 99.9 Å². The van der Waals surface area contributed by atoms with E-state index in [-0.39, 0.29) is 0 Å². The van der Waals surface area contributed by atoms with Crippen molar-refractivity contribution in [2.75, 3.05) is 20.3 Å². The second-order valence-electron chi connectivity index (χ2n) is 4.93. The van der Waals surface area contributed by atoms with Gasteiger partial charge in [-0.05, 0) is 53.0 Å². The molecule has 1 aliphatic heterocycles. The van der Waals surface area contributed by atoms with Crippen LogP contribution in [-0.4, -0.2) is 38.5 Å². The van der Waals surface area contributed by atoms with Crippen LogP contribution in [0.5, 0.6) is 0 Å². The molecule has 1 fully saturated rings. The number of hydrogen-bond donors (Lipinski definition) is 1. The summed E-state index contributed by atoms with van der Waals surface area (Å²) in [4.78, 5) is 0. The Balaban J connectivity index is 2.03. The molecule has 0 aromatic heterocycles. The summed E-state index contributed by atoms with van der Waals surface area (Å²) < 4.78 is 11.2. The van der Waals surface area contributed by atoms with E-state index < -0.39 is 0 Å². The molecule has 0 aromatic rings. The van der Waals surface area contributed by atoms with Gasteiger partial charge >= 0.3 is 0 Å². The van der Waals surface area contributed by atoms with Gasteiger partial charge in [-0.2, -0.15) is 0 Å². The molecule has 0 saturated carbocycles. The molecule has 2 atom stereocenters. The Bertz CT molecular complexity index is 167. The van der Waals surface area contributed by atoms with Crippen molar-refractivity contribution in [3.8, 4) is 0 Å². The number of nitrogens with one attached hydrogen (secondary N) is 1. The lowest BCUT2D eigenvalue weighted by Crippen LogP contribution is -2.31. The van der Waals surface area contributed by atoms with E-state index in [2.05, 4.69) is 19.2 Å². The fourth-order valence-electron chi connectivity index (χ4n) is 2.08. The number of ether oxygens (including phenoxy) is 2. The molecule has 1 aliphatic rings. The van der Waals surface area contributed by atoms with E-state index in [1.54, 1.807) is 0 Å². The third-order valence-corrected chi connectivity index (χ3v) is 3.14. The molecular weight excluding hydrogens is 202 g/mol. The van der Waals surface area contributed by atoms with Gasteiger partial charge < -0.3 is 14.8 Å². The maximum atomic E-state index is 5.62. The first-order valence-electron chi connectivity index (χ1n) is 6.63. The van der Waals surface area contributed by atoms with Crippen molar-refractivity contribution in [3.63, 3.8) is 0 Å². The summed E-state index contributed by atoms with van der Waals surface area (Å²) in [6, 6.07) is 0.490. The zero-order valence-corrected chi connectivity index (χ0v) is 11.0. The van der Waals surface area contributed by atoms with Crippen LogP contribution < -0.4 is 5.32 Å². The van der Waals surface area contributed by atoms with E-state index in [1.165, 1.54) is 32.1 Å². The SMILES string of the molecule is CNC(CCCC1CCCO1)COC(C)C. The Morgan fingerprint density at radius 1 is 1.44 bits per heavy atom. The van der Waals surface area contributed by atoms with Crippen molar-refractivity contribution in [2.45, 2.75) is 64.2 Å². The highest BCUT2D eigenvalue weighted by Gasteiger charge is 2.15. The van der Waals surface area contributed by atoms with E-state index in [0.717, 1.165) is 13.2 Å². The van der Waals surface area contributed by atoms with Crippen LogP contribution in [0.3, 0.4) is 0 Å². The van der Waals surface area contributed by atoms with Gasteiger partial charge in [-0.1, -0.05) is 0 Å². The molecule has 1 N–H and O–H groups in total. The quantitative estimate of drug-likeness (QED) is 0.693. The minimum Gasteiger partial charge on any atom is -0.378 e. The van der Waals surface area contributed by atoms with Crippen molar-refractivity contribution in [1.29, 1.82) is 0 Å². The number of likely N-dealkylation sites (N-methyl/N-ethyl adjacent to an activating group) is 1. The summed E-state index contributed by atoms with van der Waals surface area (Å²) in [6.07, 6.45) is 6.99. The lowest BCUT2D eigenvalue weighted by atomic mass is 10.1. The molecule has 3 nitrogen and oxygen atoms in total. The topological polar surface area (TPSA) is 30.5 Å². The van der Waals surface area contributed by atoms with Crippen LogP contribution in [0.25, 0.3) is 0 Å². The summed E-state index contributed by atoms with van der Waals surface area (Å²) in [5.74, 6) is 0. The molecule has 1 saturated heterocycles. The van der Waals surface area contributed by atoms with E-state index in [9.17, 15) is 0 Å². The predicted molar refractivity (Wildman–Crippen MR) is 66.8 cm³/mol. The Morgan fingerprint density at radius 2 is 2.25 bits per heavy atom. The molecule has 0 spiro atoms. The summed E-state index contributed by atoms with van der Waals surface area (Å²) in [5.41, 5.74) is 0. The largest absolute Gasteiger partial charge is 0.378 e. The fourth-order valence-corrected chi connectivity index (χ4v) is 2.08. The molecule has 0 bridgehead atoms. The maximum absolute atomic E-state index is 5.62. The van der Waals surface area contributed by atoms with Crippen LogP contribution in [0.15, 0.2) is 0 Å². The molecule has 0 aromatic carbocycles. The lowest BCUT2D eigenvalue weighted by molar-refractivity contribution is 0.0582. The first-order valence-corrected chi connectivity index (χ1v) is 6.63. The van der Waals surface area contributed by atoms with E-state index in [4.69, 9.17) is 9.47 Å². The first kappa shape index (κ1) is 13.9. The van der Waals surface area contributed by atoms with Gasteiger partial charge in [0.05, 0.1) is 18.8 Å². The van der Waals surface area contributed by atoms with Crippen molar-refractivity contribution < 1.29 is 9.47 Å². The number of rotatable bonds is 8. The van der Waals surface area contributed by atoms with E-state index in [1.807, 2.05) is 7.05 Å². The van der Waals surface area contributed by atoms with Gasteiger partial charge in [0.1, 0.15) is 0 Å². The average molecular weight is 229 g/mol. The molecule has 3 heteroatoms. The zero-order valence-electron chi connectivity index (χ0n) is 11.0. The monoisotopic (exact) mass is 229 g/mol. The van der Waals surface area contributed by atoms with Crippen LogP contribution >= 0.6 is 0 Å². The summed E-state index contributed by atoms with van der Waals surface area (Å²) >= 11 is 0. The average Bonchev–Trinajstić information content (AvgIpc) is 2.75. The summed E-state index contributed by atoms with van der Waals surface area (Å²) in [5, 5.41) is 3.32. The van der Waals surface area contributed by atoms with Crippen molar-refractivity contribution in [2.24, 2.45) is 0 Å². The van der Waals surface area contributed by atoms with Crippen LogP contribution in [-0.2, 0) is 9.47 Å². The smallest absolute Gasteiger partial charge is 0.0622 e. The number of hydrogen-bond acceptors (Lipinski definition) is 3. The standard InChI is InChI=1S/C13H27NO2/c1-11(2)16-10-12(14-3)6-4-7-13-8-5-9-15-13/h11-14H,4-10H2,1-3H3. The molecule has 2 unspecified atom stereocenters. The highest BCUT2D eigenvalue weighted by Crippen LogP contribution is 2.18. The third-order valence-electron chi connectivity index (χ3n) is 3.14. The van der Waals surface area contributed by atoms with Gasteiger partial charge in [0, 0.05) is 12.6 Å². The molecule has 96 valence electrons. The summed E-state index contributed by atoms with van der Waals surface area (Å²) in [7, 11) is 2.01. The molecule has 16 heavy (non-hydrogen) atoms. The zero-order chi connectivity index (χ0) is 11.8. The molecule has 1 rings (SSSR count). The molecular formula is C13H27NO2.